The number of benzene rings is 1. The Kier molecular flexibility index (Phi) is 9.30. The Morgan fingerprint density at radius 2 is 2.11 bits per heavy atom. The number of amides is 1. The van der Waals surface area contributed by atoms with Crippen LogP contribution in [0.5, 0.6) is 0 Å². The van der Waals surface area contributed by atoms with Gasteiger partial charge in [-0.3, -0.25) is 4.79 Å². The Morgan fingerprint density at radius 3 is 2.78 bits per heavy atom. The van der Waals surface area contributed by atoms with E-state index in [1.165, 1.54) is 0 Å². The fourth-order valence-electron chi connectivity index (χ4n) is 3.67. The summed E-state index contributed by atoms with van der Waals surface area (Å²) in [6, 6.07) is 8.21. The fourth-order valence-corrected chi connectivity index (χ4v) is 3.67. The Morgan fingerprint density at radius 1 is 1.33 bits per heavy atom. The van der Waals surface area contributed by atoms with E-state index in [0.717, 1.165) is 42.9 Å². The first-order valence-electron chi connectivity index (χ1n) is 9.18. The molecule has 27 heavy (non-hydrogen) atoms. The van der Waals surface area contributed by atoms with Crippen LogP contribution in [0.25, 0.3) is 0 Å². The monoisotopic (exact) mass is 412 g/mol. The normalized spacial score (nSPS) is 18.7. The number of anilines is 1. The SMILES string of the molecule is CC(C)c1nccn1Cc1cccc(NC(=O)C[C@@H]2CCC[C@H]2N)c1.Cl.Cl. The summed E-state index contributed by atoms with van der Waals surface area (Å²) >= 11 is 0. The Labute approximate surface area is 173 Å². The second kappa shape index (κ2) is 10.7. The summed E-state index contributed by atoms with van der Waals surface area (Å²) in [5, 5.41) is 3.03. The third kappa shape index (κ3) is 6.23. The van der Waals surface area contributed by atoms with Gasteiger partial charge in [-0.05, 0) is 36.5 Å². The topological polar surface area (TPSA) is 72.9 Å². The van der Waals surface area contributed by atoms with Crippen molar-refractivity contribution >= 4 is 36.4 Å². The lowest BCUT2D eigenvalue weighted by molar-refractivity contribution is -0.117. The van der Waals surface area contributed by atoms with E-state index in [9.17, 15) is 4.79 Å². The van der Waals surface area contributed by atoms with E-state index in [-0.39, 0.29) is 36.8 Å². The number of rotatable bonds is 6. The van der Waals surface area contributed by atoms with Crippen LogP contribution in [-0.4, -0.2) is 21.5 Å². The number of carbonyl (C=O) groups excluding carboxylic acids is 1. The molecule has 1 aliphatic carbocycles. The zero-order valence-electron chi connectivity index (χ0n) is 15.9. The first kappa shape index (κ1) is 23.5. The number of nitrogens with one attached hydrogen (secondary N) is 1. The molecule has 1 saturated carbocycles. The predicted octanol–water partition coefficient (Wildman–Crippen LogP) is 4.35. The molecule has 0 saturated heterocycles. The number of halogens is 2. The highest BCUT2D eigenvalue weighted by Gasteiger charge is 2.26. The summed E-state index contributed by atoms with van der Waals surface area (Å²) in [5.41, 5.74) is 8.07. The molecule has 0 unspecified atom stereocenters. The molecule has 1 aromatic carbocycles. The van der Waals surface area contributed by atoms with Crippen LogP contribution in [0, 0.1) is 5.92 Å². The van der Waals surface area contributed by atoms with Crippen LogP contribution in [0.1, 0.15) is 56.8 Å². The minimum Gasteiger partial charge on any atom is -0.330 e. The number of nitrogens with two attached hydrogens (primary N) is 1. The van der Waals surface area contributed by atoms with E-state index in [2.05, 4.69) is 34.8 Å². The van der Waals surface area contributed by atoms with Crippen molar-refractivity contribution in [1.82, 2.24) is 9.55 Å². The number of hydrogen-bond acceptors (Lipinski definition) is 3. The van der Waals surface area contributed by atoms with E-state index < -0.39 is 0 Å². The van der Waals surface area contributed by atoms with Gasteiger partial charge < -0.3 is 15.6 Å². The number of carbonyl (C=O) groups is 1. The van der Waals surface area contributed by atoms with Gasteiger partial charge in [0.2, 0.25) is 5.91 Å². The molecule has 7 heteroatoms. The molecule has 1 fully saturated rings. The smallest absolute Gasteiger partial charge is 0.224 e. The summed E-state index contributed by atoms with van der Waals surface area (Å²) in [6.07, 6.45) is 7.60. The number of aromatic nitrogens is 2. The van der Waals surface area contributed by atoms with Gasteiger partial charge in [-0.1, -0.05) is 32.4 Å². The van der Waals surface area contributed by atoms with Crippen molar-refractivity contribution in [3.05, 3.63) is 48.0 Å². The van der Waals surface area contributed by atoms with Crippen molar-refractivity contribution in [2.75, 3.05) is 5.32 Å². The van der Waals surface area contributed by atoms with E-state index in [1.807, 2.05) is 30.6 Å². The Balaban J connectivity index is 0.00000182. The Bertz CT molecular complexity index is 732. The minimum absolute atomic E-state index is 0. The molecule has 0 aliphatic heterocycles. The van der Waals surface area contributed by atoms with Gasteiger partial charge in [-0.2, -0.15) is 0 Å². The van der Waals surface area contributed by atoms with E-state index in [1.54, 1.807) is 0 Å². The minimum atomic E-state index is 0. The molecular formula is C20H30Cl2N4O. The van der Waals surface area contributed by atoms with E-state index in [0.29, 0.717) is 18.3 Å². The van der Waals surface area contributed by atoms with E-state index in [4.69, 9.17) is 5.73 Å². The van der Waals surface area contributed by atoms with Crippen molar-refractivity contribution in [3.8, 4) is 0 Å². The molecule has 2 aromatic rings. The molecule has 5 nitrogen and oxygen atoms in total. The zero-order chi connectivity index (χ0) is 17.8. The summed E-state index contributed by atoms with van der Waals surface area (Å²) in [4.78, 5) is 16.7. The highest BCUT2D eigenvalue weighted by Crippen LogP contribution is 2.27. The van der Waals surface area contributed by atoms with Crippen LogP contribution in [-0.2, 0) is 11.3 Å². The third-order valence-electron chi connectivity index (χ3n) is 4.99. The van der Waals surface area contributed by atoms with Crippen LogP contribution < -0.4 is 11.1 Å². The van der Waals surface area contributed by atoms with Gasteiger partial charge in [-0.25, -0.2) is 4.98 Å². The van der Waals surface area contributed by atoms with Gasteiger partial charge in [0, 0.05) is 43.0 Å². The van der Waals surface area contributed by atoms with Crippen LogP contribution in [0.2, 0.25) is 0 Å². The quantitative estimate of drug-likeness (QED) is 0.739. The second-order valence-corrected chi connectivity index (χ2v) is 7.38. The third-order valence-corrected chi connectivity index (χ3v) is 4.99. The first-order valence-corrected chi connectivity index (χ1v) is 9.18. The van der Waals surface area contributed by atoms with Gasteiger partial charge >= 0.3 is 0 Å². The van der Waals surface area contributed by atoms with E-state index >= 15 is 0 Å². The molecule has 2 atom stereocenters. The molecule has 1 amide bonds. The average Bonchev–Trinajstić information content (AvgIpc) is 3.17. The lowest BCUT2D eigenvalue weighted by atomic mass is 10.00. The molecule has 1 aliphatic rings. The maximum atomic E-state index is 12.3. The van der Waals surface area contributed by atoms with Crippen LogP contribution >= 0.6 is 24.8 Å². The molecule has 0 bridgehead atoms. The number of hydrogen-bond donors (Lipinski definition) is 2. The van der Waals surface area contributed by atoms with Crippen molar-refractivity contribution < 1.29 is 4.79 Å². The summed E-state index contributed by atoms with van der Waals surface area (Å²) < 4.78 is 2.16. The predicted molar refractivity (Wildman–Crippen MR) is 115 cm³/mol. The lowest BCUT2D eigenvalue weighted by Gasteiger charge is -2.15. The summed E-state index contributed by atoms with van der Waals surface area (Å²) in [7, 11) is 0. The first-order chi connectivity index (χ1) is 12.0. The standard InChI is InChI=1S/C20H28N4O.2ClH/c1-14(2)20-22-9-10-24(20)13-15-5-3-7-17(11-15)23-19(25)12-16-6-4-8-18(16)21;;/h3,5,7,9-11,14,16,18H,4,6,8,12-13,21H2,1-2H3,(H,23,25);2*1H/t16-,18+;;/m0../s1. The molecule has 1 heterocycles. The highest BCUT2D eigenvalue weighted by molar-refractivity contribution is 5.91. The van der Waals surface area contributed by atoms with Crippen molar-refractivity contribution in [2.24, 2.45) is 11.7 Å². The van der Waals surface area contributed by atoms with Gasteiger partial charge in [0.1, 0.15) is 5.82 Å². The highest BCUT2D eigenvalue weighted by atomic mass is 35.5. The second-order valence-electron chi connectivity index (χ2n) is 7.38. The molecule has 150 valence electrons. The van der Waals surface area contributed by atoms with Gasteiger partial charge in [-0.15, -0.1) is 24.8 Å². The average molecular weight is 413 g/mol. The molecule has 0 spiro atoms. The molecule has 3 N–H and O–H groups in total. The number of imidazole rings is 1. The van der Waals surface area contributed by atoms with Crippen molar-refractivity contribution in [2.45, 2.75) is 58.0 Å². The lowest BCUT2D eigenvalue weighted by Crippen LogP contribution is -2.28. The largest absolute Gasteiger partial charge is 0.330 e. The van der Waals surface area contributed by atoms with Crippen LogP contribution in [0.3, 0.4) is 0 Å². The summed E-state index contributed by atoms with van der Waals surface area (Å²) in [5.74, 6) is 1.84. The van der Waals surface area contributed by atoms with Crippen molar-refractivity contribution in [1.29, 1.82) is 0 Å². The maximum absolute atomic E-state index is 12.3. The number of nitrogens with zero attached hydrogens (tertiary/aromatic N) is 2. The molecule has 1 aromatic heterocycles. The van der Waals surface area contributed by atoms with Crippen LogP contribution in [0.15, 0.2) is 36.7 Å². The Hall–Kier alpha value is -1.56. The van der Waals surface area contributed by atoms with Crippen molar-refractivity contribution in [3.63, 3.8) is 0 Å². The van der Waals surface area contributed by atoms with Gasteiger partial charge in [0.05, 0.1) is 0 Å². The molecule has 3 rings (SSSR count). The van der Waals surface area contributed by atoms with Crippen LogP contribution in [0.4, 0.5) is 5.69 Å². The molecule has 0 radical (unpaired) electrons. The summed E-state index contributed by atoms with van der Waals surface area (Å²) in [6.45, 7) is 5.04. The van der Waals surface area contributed by atoms with Gasteiger partial charge in [0.25, 0.3) is 0 Å². The maximum Gasteiger partial charge on any atom is 0.224 e. The zero-order valence-corrected chi connectivity index (χ0v) is 17.6. The fraction of sp³-hybridized carbons (Fsp3) is 0.500. The van der Waals surface area contributed by atoms with Gasteiger partial charge in [0.15, 0.2) is 0 Å². The molecular weight excluding hydrogens is 383 g/mol.